The first-order valence-corrected chi connectivity index (χ1v) is 8.59. The number of hydrogen-bond acceptors (Lipinski definition) is 2. The third-order valence-corrected chi connectivity index (χ3v) is 4.75. The molecular weight excluding hydrogens is 290 g/mol. The van der Waals surface area contributed by atoms with Crippen LogP contribution in [0.25, 0.3) is 0 Å². The second kappa shape index (κ2) is 8.04. The Morgan fingerprint density at radius 3 is 2.50 bits per heavy atom. The third kappa shape index (κ3) is 4.92. The van der Waals surface area contributed by atoms with E-state index >= 15 is 0 Å². The third-order valence-electron chi connectivity index (χ3n) is 3.75. The molecule has 1 N–H and O–H groups in total. The van der Waals surface area contributed by atoms with E-state index in [0.717, 1.165) is 11.3 Å². The number of thioether (sulfide) groups is 1. The van der Waals surface area contributed by atoms with Crippen LogP contribution in [0.1, 0.15) is 36.1 Å². The zero-order valence-corrected chi connectivity index (χ0v) is 14.2. The van der Waals surface area contributed by atoms with Gasteiger partial charge in [-0.15, -0.1) is 11.8 Å². The summed E-state index contributed by atoms with van der Waals surface area (Å²) >= 11 is 1.73. The highest BCUT2D eigenvalue weighted by molar-refractivity contribution is 7.99. The van der Waals surface area contributed by atoms with Crippen molar-refractivity contribution in [1.82, 2.24) is 5.32 Å². The van der Waals surface area contributed by atoms with E-state index in [0.29, 0.717) is 6.42 Å². The molecule has 116 valence electrons. The van der Waals surface area contributed by atoms with Crippen molar-refractivity contribution in [3.8, 4) is 0 Å². The lowest BCUT2D eigenvalue weighted by Crippen LogP contribution is -2.26. The molecule has 0 aliphatic carbocycles. The summed E-state index contributed by atoms with van der Waals surface area (Å²) in [5, 5.41) is 3.05. The molecule has 0 spiro atoms. The van der Waals surface area contributed by atoms with E-state index in [9.17, 15) is 4.79 Å². The Labute approximate surface area is 137 Å². The number of carbonyl (C=O) groups is 1. The van der Waals surface area contributed by atoms with Crippen molar-refractivity contribution in [2.24, 2.45) is 0 Å². The molecule has 1 amide bonds. The molecule has 0 aliphatic rings. The average molecular weight is 313 g/mol. The molecule has 2 aromatic carbocycles. The Morgan fingerprint density at radius 2 is 1.82 bits per heavy atom. The smallest absolute Gasteiger partial charge is 0.221 e. The van der Waals surface area contributed by atoms with E-state index < -0.39 is 0 Å². The predicted octanol–water partition coefficient (Wildman–Crippen LogP) is 4.66. The summed E-state index contributed by atoms with van der Waals surface area (Å²) in [5.41, 5.74) is 3.74. The molecule has 2 rings (SSSR count). The maximum absolute atomic E-state index is 12.0. The van der Waals surface area contributed by atoms with Crippen LogP contribution >= 0.6 is 11.8 Å². The van der Waals surface area contributed by atoms with E-state index in [1.807, 2.05) is 37.3 Å². The van der Waals surface area contributed by atoms with Crippen molar-refractivity contribution < 1.29 is 4.79 Å². The highest BCUT2D eigenvalue weighted by atomic mass is 32.2. The Kier molecular flexibility index (Phi) is 6.08. The van der Waals surface area contributed by atoms with Gasteiger partial charge in [-0.25, -0.2) is 0 Å². The maximum Gasteiger partial charge on any atom is 0.221 e. The fourth-order valence-corrected chi connectivity index (χ4v) is 3.15. The van der Waals surface area contributed by atoms with Crippen molar-refractivity contribution in [1.29, 1.82) is 0 Å². The number of rotatable bonds is 6. The van der Waals surface area contributed by atoms with Gasteiger partial charge in [0.15, 0.2) is 0 Å². The van der Waals surface area contributed by atoms with Crippen molar-refractivity contribution in [2.45, 2.75) is 38.1 Å². The number of amides is 1. The Balaban J connectivity index is 1.77. The van der Waals surface area contributed by atoms with Gasteiger partial charge < -0.3 is 5.32 Å². The minimum atomic E-state index is 0.0559. The van der Waals surface area contributed by atoms with Crippen LogP contribution in [0.5, 0.6) is 0 Å². The molecule has 22 heavy (non-hydrogen) atoms. The summed E-state index contributed by atoms with van der Waals surface area (Å²) in [6, 6.07) is 16.5. The van der Waals surface area contributed by atoms with Crippen molar-refractivity contribution in [3.05, 3.63) is 65.2 Å². The molecule has 3 heteroatoms. The number of carbonyl (C=O) groups excluding carboxylic acids is 1. The van der Waals surface area contributed by atoms with Crippen LogP contribution in [0.3, 0.4) is 0 Å². The Hall–Kier alpha value is -1.74. The first kappa shape index (κ1) is 16.6. The second-order valence-corrected chi connectivity index (χ2v) is 6.71. The lowest BCUT2D eigenvalue weighted by molar-refractivity contribution is -0.121. The molecule has 1 atom stereocenters. The molecule has 0 bridgehead atoms. The maximum atomic E-state index is 12.0. The van der Waals surface area contributed by atoms with Crippen molar-refractivity contribution >= 4 is 17.7 Å². The van der Waals surface area contributed by atoms with Gasteiger partial charge in [0.1, 0.15) is 0 Å². The van der Waals surface area contributed by atoms with Crippen LogP contribution in [-0.2, 0) is 4.79 Å². The Morgan fingerprint density at radius 1 is 1.09 bits per heavy atom. The standard InChI is InChI=1S/C19H23NOS/c1-14-9-10-18(13-15(14)2)22-12-11-19(21)20-16(3)17-7-5-4-6-8-17/h4-10,13,16H,11-12H2,1-3H3,(H,20,21). The highest BCUT2D eigenvalue weighted by Gasteiger charge is 2.09. The average Bonchev–Trinajstić information content (AvgIpc) is 2.51. The van der Waals surface area contributed by atoms with E-state index in [1.165, 1.54) is 16.0 Å². The predicted molar refractivity (Wildman–Crippen MR) is 94.3 cm³/mol. The van der Waals surface area contributed by atoms with E-state index in [1.54, 1.807) is 11.8 Å². The molecule has 0 saturated carbocycles. The first-order chi connectivity index (χ1) is 10.6. The number of nitrogens with one attached hydrogen (secondary N) is 1. The van der Waals surface area contributed by atoms with Crippen LogP contribution in [-0.4, -0.2) is 11.7 Å². The summed E-state index contributed by atoms with van der Waals surface area (Å²) in [6.45, 7) is 6.25. The van der Waals surface area contributed by atoms with Gasteiger partial charge >= 0.3 is 0 Å². The summed E-state index contributed by atoms with van der Waals surface area (Å²) in [6.07, 6.45) is 0.536. The molecule has 1 unspecified atom stereocenters. The van der Waals surface area contributed by atoms with Crippen LogP contribution in [0, 0.1) is 13.8 Å². The molecule has 0 radical (unpaired) electrons. The molecule has 0 aliphatic heterocycles. The topological polar surface area (TPSA) is 29.1 Å². The molecule has 2 nitrogen and oxygen atoms in total. The normalized spacial score (nSPS) is 12.0. The molecule has 0 heterocycles. The number of hydrogen-bond donors (Lipinski definition) is 1. The summed E-state index contributed by atoms with van der Waals surface area (Å²) in [7, 11) is 0. The van der Waals surface area contributed by atoms with Crippen molar-refractivity contribution in [2.75, 3.05) is 5.75 Å². The lowest BCUT2D eigenvalue weighted by Gasteiger charge is -2.14. The van der Waals surface area contributed by atoms with Gasteiger partial charge in [-0.05, 0) is 49.6 Å². The van der Waals surface area contributed by atoms with Crippen LogP contribution < -0.4 is 5.32 Å². The van der Waals surface area contributed by atoms with Gasteiger partial charge in [0.2, 0.25) is 5.91 Å². The molecule has 0 fully saturated rings. The van der Waals surface area contributed by atoms with Crippen LogP contribution in [0.15, 0.2) is 53.4 Å². The minimum absolute atomic E-state index is 0.0559. The second-order valence-electron chi connectivity index (χ2n) is 5.54. The number of aryl methyl sites for hydroxylation is 2. The first-order valence-electron chi connectivity index (χ1n) is 7.60. The van der Waals surface area contributed by atoms with Gasteiger partial charge in [0.05, 0.1) is 6.04 Å². The molecule has 0 saturated heterocycles. The molecular formula is C19H23NOS. The van der Waals surface area contributed by atoms with Gasteiger partial charge in [0, 0.05) is 17.1 Å². The lowest BCUT2D eigenvalue weighted by atomic mass is 10.1. The highest BCUT2D eigenvalue weighted by Crippen LogP contribution is 2.21. The quantitative estimate of drug-likeness (QED) is 0.786. The summed E-state index contributed by atoms with van der Waals surface area (Å²) < 4.78 is 0. The zero-order chi connectivity index (χ0) is 15.9. The fourth-order valence-electron chi connectivity index (χ4n) is 2.20. The van der Waals surface area contributed by atoms with Crippen molar-refractivity contribution in [3.63, 3.8) is 0 Å². The van der Waals surface area contributed by atoms with Crippen LogP contribution in [0.4, 0.5) is 0 Å². The van der Waals surface area contributed by atoms with E-state index in [4.69, 9.17) is 0 Å². The van der Waals surface area contributed by atoms with Gasteiger partial charge in [-0.1, -0.05) is 36.4 Å². The van der Waals surface area contributed by atoms with Gasteiger partial charge in [-0.2, -0.15) is 0 Å². The van der Waals surface area contributed by atoms with Crippen LogP contribution in [0.2, 0.25) is 0 Å². The summed E-state index contributed by atoms with van der Waals surface area (Å²) in [5.74, 6) is 0.906. The molecule has 2 aromatic rings. The SMILES string of the molecule is Cc1ccc(SCCC(=O)NC(C)c2ccccc2)cc1C. The number of benzene rings is 2. The largest absolute Gasteiger partial charge is 0.350 e. The van der Waals surface area contributed by atoms with Gasteiger partial charge in [-0.3, -0.25) is 4.79 Å². The van der Waals surface area contributed by atoms with Gasteiger partial charge in [0.25, 0.3) is 0 Å². The summed E-state index contributed by atoms with van der Waals surface area (Å²) in [4.78, 5) is 13.2. The Bertz CT molecular complexity index is 625. The fraction of sp³-hybridized carbons (Fsp3) is 0.316. The van der Waals surface area contributed by atoms with E-state index in [2.05, 4.69) is 37.4 Å². The zero-order valence-electron chi connectivity index (χ0n) is 13.4. The monoisotopic (exact) mass is 313 g/mol. The van der Waals surface area contributed by atoms with E-state index in [-0.39, 0.29) is 11.9 Å². The molecule has 0 aromatic heterocycles. The minimum Gasteiger partial charge on any atom is -0.350 e.